The van der Waals surface area contributed by atoms with Gasteiger partial charge >= 0.3 is 12.2 Å². The van der Waals surface area contributed by atoms with Gasteiger partial charge in [0.15, 0.2) is 0 Å². The Labute approximate surface area is 173 Å². The number of anilines is 3. The predicted octanol–water partition coefficient (Wildman–Crippen LogP) is 4.90. The van der Waals surface area contributed by atoms with Crippen LogP contribution in [0.15, 0.2) is 42.5 Å². The molecular formula is C21H25F3N4O2. The van der Waals surface area contributed by atoms with E-state index >= 15 is 0 Å². The second-order valence-corrected chi connectivity index (χ2v) is 6.76. The molecule has 0 fully saturated rings. The molecule has 3 amide bonds. The molecule has 0 aliphatic carbocycles. The van der Waals surface area contributed by atoms with E-state index in [9.17, 15) is 22.8 Å². The van der Waals surface area contributed by atoms with Gasteiger partial charge in [0, 0.05) is 44.2 Å². The smallest absolute Gasteiger partial charge is 0.377 e. The molecule has 0 saturated carbocycles. The molecule has 2 N–H and O–H groups in total. The molecule has 2 aromatic rings. The first-order valence-electron chi connectivity index (χ1n) is 9.42. The number of amides is 3. The van der Waals surface area contributed by atoms with Crippen LogP contribution >= 0.6 is 0 Å². The molecule has 0 unspecified atom stereocenters. The summed E-state index contributed by atoms with van der Waals surface area (Å²) in [5.41, 5.74) is 0.603. The number of urea groups is 1. The molecule has 0 bridgehead atoms. The summed E-state index contributed by atoms with van der Waals surface area (Å²) in [7, 11) is 3.61. The topological polar surface area (TPSA) is 64.7 Å². The van der Waals surface area contributed by atoms with E-state index in [0.717, 1.165) is 12.1 Å². The molecule has 30 heavy (non-hydrogen) atoms. The van der Waals surface area contributed by atoms with Gasteiger partial charge in [-0.05, 0) is 50.2 Å². The van der Waals surface area contributed by atoms with Gasteiger partial charge in [-0.25, -0.2) is 4.79 Å². The molecular weight excluding hydrogens is 397 g/mol. The maximum absolute atomic E-state index is 12.9. The number of nitrogens with zero attached hydrogens (tertiary/aromatic N) is 2. The van der Waals surface area contributed by atoms with E-state index in [1.54, 1.807) is 28.0 Å². The Morgan fingerprint density at radius 3 is 2.07 bits per heavy atom. The summed E-state index contributed by atoms with van der Waals surface area (Å²) in [4.78, 5) is 28.6. The van der Waals surface area contributed by atoms with Crippen molar-refractivity contribution >= 4 is 29.0 Å². The zero-order chi connectivity index (χ0) is 22.5. The van der Waals surface area contributed by atoms with Crippen LogP contribution in [0.2, 0.25) is 0 Å². The maximum atomic E-state index is 12.9. The Balaban J connectivity index is 2.23. The van der Waals surface area contributed by atoms with Crippen LogP contribution in [0.1, 0.15) is 29.8 Å². The summed E-state index contributed by atoms with van der Waals surface area (Å²) in [6.45, 7) is 4.83. The first-order chi connectivity index (χ1) is 14.1. The van der Waals surface area contributed by atoms with E-state index in [1.807, 2.05) is 27.9 Å². The summed E-state index contributed by atoms with van der Waals surface area (Å²) in [6, 6.07) is 8.52. The van der Waals surface area contributed by atoms with Crippen LogP contribution in [0, 0.1) is 0 Å². The van der Waals surface area contributed by atoms with Gasteiger partial charge < -0.3 is 20.4 Å². The lowest BCUT2D eigenvalue weighted by molar-refractivity contribution is -0.137. The number of carbonyl (C=O) groups is 2. The second kappa shape index (κ2) is 9.51. The van der Waals surface area contributed by atoms with Crippen LogP contribution in [-0.4, -0.2) is 44.0 Å². The van der Waals surface area contributed by atoms with Crippen molar-refractivity contribution in [1.82, 2.24) is 4.90 Å². The summed E-state index contributed by atoms with van der Waals surface area (Å²) in [5, 5.41) is 4.94. The van der Waals surface area contributed by atoms with E-state index in [4.69, 9.17) is 0 Å². The lowest BCUT2D eigenvalue weighted by atomic mass is 10.1. The van der Waals surface area contributed by atoms with Gasteiger partial charge in [0.1, 0.15) is 0 Å². The SMILES string of the molecule is CCN(CC)C(=O)c1cc(NC(=O)Nc2cccc(C(F)(F)F)c2)ccc1N(C)C. The largest absolute Gasteiger partial charge is 0.416 e. The van der Waals surface area contributed by atoms with Crippen LogP contribution in [-0.2, 0) is 6.18 Å². The van der Waals surface area contributed by atoms with Crippen LogP contribution in [0.3, 0.4) is 0 Å². The molecule has 0 heterocycles. The van der Waals surface area contributed by atoms with Crippen molar-refractivity contribution in [3.8, 4) is 0 Å². The quantitative estimate of drug-likeness (QED) is 0.696. The number of carbonyl (C=O) groups excluding carboxylic acids is 2. The third-order valence-corrected chi connectivity index (χ3v) is 4.47. The second-order valence-electron chi connectivity index (χ2n) is 6.76. The fourth-order valence-electron chi connectivity index (χ4n) is 2.92. The Hall–Kier alpha value is -3.23. The van der Waals surface area contributed by atoms with Gasteiger partial charge in [-0.15, -0.1) is 0 Å². The molecule has 2 aromatic carbocycles. The van der Waals surface area contributed by atoms with E-state index < -0.39 is 17.8 Å². The van der Waals surface area contributed by atoms with Gasteiger partial charge in [0.25, 0.3) is 5.91 Å². The molecule has 9 heteroatoms. The number of halogens is 3. The molecule has 162 valence electrons. The third kappa shape index (κ3) is 5.65. The average molecular weight is 422 g/mol. The van der Waals surface area contributed by atoms with Crippen molar-refractivity contribution in [3.63, 3.8) is 0 Å². The monoisotopic (exact) mass is 422 g/mol. The summed E-state index contributed by atoms with van der Waals surface area (Å²) in [5.74, 6) is -0.175. The van der Waals surface area contributed by atoms with Crippen molar-refractivity contribution < 1.29 is 22.8 Å². The Kier molecular flexibility index (Phi) is 7.31. The molecule has 6 nitrogen and oxygen atoms in total. The molecule has 0 spiro atoms. The van der Waals surface area contributed by atoms with Gasteiger partial charge in [-0.2, -0.15) is 13.2 Å². The lowest BCUT2D eigenvalue weighted by Gasteiger charge is -2.23. The van der Waals surface area contributed by atoms with E-state index in [-0.39, 0.29) is 11.6 Å². The molecule has 0 aliphatic heterocycles. The number of nitrogens with one attached hydrogen (secondary N) is 2. The highest BCUT2D eigenvalue weighted by atomic mass is 19.4. The van der Waals surface area contributed by atoms with Gasteiger partial charge in [-0.3, -0.25) is 4.79 Å². The van der Waals surface area contributed by atoms with Crippen molar-refractivity contribution in [2.24, 2.45) is 0 Å². The average Bonchev–Trinajstić information content (AvgIpc) is 2.68. The fraction of sp³-hybridized carbons (Fsp3) is 0.333. The first kappa shape index (κ1) is 23.1. The maximum Gasteiger partial charge on any atom is 0.416 e. The van der Waals surface area contributed by atoms with Crippen LogP contribution in [0.4, 0.5) is 35.0 Å². The Morgan fingerprint density at radius 1 is 0.933 bits per heavy atom. The minimum atomic E-state index is -4.50. The number of hydrogen-bond donors (Lipinski definition) is 2. The normalized spacial score (nSPS) is 11.0. The highest BCUT2D eigenvalue weighted by molar-refractivity contribution is 6.04. The zero-order valence-corrected chi connectivity index (χ0v) is 17.3. The van der Waals surface area contributed by atoms with Gasteiger partial charge in [0.2, 0.25) is 0 Å². The van der Waals surface area contributed by atoms with Crippen LogP contribution in [0.25, 0.3) is 0 Å². The number of alkyl halides is 3. The standard InChI is InChI=1S/C21H25F3N4O2/c1-5-28(6-2)19(29)17-13-16(10-11-18(17)27(3)4)26-20(30)25-15-9-7-8-14(12-15)21(22,23)24/h7-13H,5-6H2,1-4H3,(H2,25,26,30). The first-order valence-corrected chi connectivity index (χ1v) is 9.42. The van der Waals surface area contributed by atoms with E-state index in [2.05, 4.69) is 10.6 Å². The third-order valence-electron chi connectivity index (χ3n) is 4.47. The summed E-state index contributed by atoms with van der Waals surface area (Å²) in [6.07, 6.45) is -4.50. The zero-order valence-electron chi connectivity index (χ0n) is 17.3. The Morgan fingerprint density at radius 2 is 1.53 bits per heavy atom. The van der Waals surface area contributed by atoms with E-state index in [0.29, 0.717) is 30.0 Å². The van der Waals surface area contributed by atoms with E-state index in [1.165, 1.54) is 12.1 Å². The fourth-order valence-corrected chi connectivity index (χ4v) is 2.92. The van der Waals surface area contributed by atoms with Gasteiger partial charge in [-0.1, -0.05) is 6.07 Å². The number of benzene rings is 2. The summed E-state index contributed by atoms with van der Waals surface area (Å²) < 4.78 is 38.5. The lowest BCUT2D eigenvalue weighted by Crippen LogP contribution is -2.32. The van der Waals surface area contributed by atoms with Crippen molar-refractivity contribution in [2.75, 3.05) is 42.7 Å². The molecule has 2 rings (SSSR count). The minimum Gasteiger partial charge on any atom is -0.377 e. The molecule has 0 radical (unpaired) electrons. The van der Waals surface area contributed by atoms with Crippen molar-refractivity contribution in [1.29, 1.82) is 0 Å². The number of rotatable bonds is 6. The summed E-state index contributed by atoms with van der Waals surface area (Å²) >= 11 is 0. The Bertz CT molecular complexity index is 909. The molecule has 0 atom stereocenters. The highest BCUT2D eigenvalue weighted by Crippen LogP contribution is 2.31. The molecule has 0 aromatic heterocycles. The molecule has 0 saturated heterocycles. The number of hydrogen-bond acceptors (Lipinski definition) is 3. The van der Waals surface area contributed by atoms with Gasteiger partial charge in [0.05, 0.1) is 11.1 Å². The highest BCUT2D eigenvalue weighted by Gasteiger charge is 2.30. The van der Waals surface area contributed by atoms with Crippen molar-refractivity contribution in [3.05, 3.63) is 53.6 Å². The predicted molar refractivity (Wildman–Crippen MR) is 112 cm³/mol. The van der Waals surface area contributed by atoms with Crippen molar-refractivity contribution in [2.45, 2.75) is 20.0 Å². The van der Waals surface area contributed by atoms with Crippen LogP contribution in [0.5, 0.6) is 0 Å². The molecule has 0 aliphatic rings. The van der Waals surface area contributed by atoms with Crippen LogP contribution < -0.4 is 15.5 Å². The minimum absolute atomic E-state index is 0.00618.